The van der Waals surface area contributed by atoms with Crippen molar-refractivity contribution in [1.82, 2.24) is 15.5 Å². The van der Waals surface area contributed by atoms with E-state index in [1.54, 1.807) is 35.7 Å². The van der Waals surface area contributed by atoms with Crippen LogP contribution in [-0.4, -0.2) is 72.0 Å². The summed E-state index contributed by atoms with van der Waals surface area (Å²) in [6, 6.07) is 14.8. The molecule has 222 valence electrons. The van der Waals surface area contributed by atoms with Gasteiger partial charge in [-0.3, -0.25) is 19.8 Å². The Labute approximate surface area is 243 Å². The minimum absolute atomic E-state index is 0.182. The Kier molecular flexibility index (Phi) is 10.2. The number of hydrogen-bond acceptors (Lipinski definition) is 8. The summed E-state index contributed by atoms with van der Waals surface area (Å²) in [7, 11) is 0. The van der Waals surface area contributed by atoms with Crippen molar-refractivity contribution >= 4 is 34.9 Å². The molecule has 3 aromatic rings. The zero-order chi connectivity index (χ0) is 30.2. The van der Waals surface area contributed by atoms with Gasteiger partial charge < -0.3 is 35.8 Å². The maximum absolute atomic E-state index is 13.2. The number of likely N-dealkylation sites (tertiary alicyclic amines) is 1. The number of ether oxygens (including phenoxy) is 2. The quantitative estimate of drug-likeness (QED) is 0.157. The van der Waals surface area contributed by atoms with Crippen molar-refractivity contribution < 1.29 is 37.7 Å². The SMILES string of the molecule is N=C(N)c1csc([C@@H](CO)NC(=O)[C@@H]2C[C@@H](OC(F)F)CN2C(=O)CNC(=O)c2ccc(Oc3ccccc3)cc2)c1. The number of amidine groups is 1. The zero-order valence-electron chi connectivity index (χ0n) is 22.2. The summed E-state index contributed by atoms with van der Waals surface area (Å²) >= 11 is 1.17. The second-order valence-corrected chi connectivity index (χ2v) is 10.3. The highest BCUT2D eigenvalue weighted by molar-refractivity contribution is 7.10. The second kappa shape index (κ2) is 14.0. The molecule has 0 unspecified atom stereocenters. The van der Waals surface area contributed by atoms with E-state index in [-0.39, 0.29) is 24.4 Å². The van der Waals surface area contributed by atoms with Gasteiger partial charge in [-0.15, -0.1) is 11.3 Å². The first kappa shape index (κ1) is 30.6. The van der Waals surface area contributed by atoms with Gasteiger partial charge in [-0.05, 0) is 42.5 Å². The molecule has 1 saturated heterocycles. The number of nitrogens with one attached hydrogen (secondary N) is 3. The molecule has 1 aliphatic rings. The molecule has 14 heteroatoms. The first-order valence-corrected chi connectivity index (χ1v) is 13.7. The fourth-order valence-corrected chi connectivity index (χ4v) is 5.33. The molecule has 1 aliphatic heterocycles. The summed E-state index contributed by atoms with van der Waals surface area (Å²) in [5.41, 5.74) is 6.15. The Balaban J connectivity index is 1.38. The fourth-order valence-electron chi connectivity index (χ4n) is 4.38. The lowest BCUT2D eigenvalue weighted by molar-refractivity contribution is -0.160. The summed E-state index contributed by atoms with van der Waals surface area (Å²) in [5.74, 6) is -0.983. The standard InChI is InChI=1S/C28H29F2N5O6S/c29-28(30)41-20-11-22(27(39)34-21(14-36)23-10-17(15-42-23)25(31)32)35(13-20)24(37)12-33-26(38)16-6-8-19(9-7-16)40-18-4-2-1-3-5-18/h1-10,15,20-22,28,36H,11-14H2,(H3,31,32)(H,33,38)(H,34,39)/t20-,21-,22+/m1/s1. The largest absolute Gasteiger partial charge is 0.457 e. The van der Waals surface area contributed by atoms with E-state index in [0.29, 0.717) is 21.9 Å². The molecule has 2 heterocycles. The molecule has 4 rings (SSSR count). The van der Waals surface area contributed by atoms with Crippen LogP contribution < -0.4 is 21.1 Å². The van der Waals surface area contributed by atoms with Crippen molar-refractivity contribution in [3.05, 3.63) is 82.0 Å². The molecule has 0 aliphatic carbocycles. The van der Waals surface area contributed by atoms with Gasteiger partial charge in [0.15, 0.2) is 0 Å². The van der Waals surface area contributed by atoms with Crippen LogP contribution in [-0.2, 0) is 14.3 Å². The highest BCUT2D eigenvalue weighted by atomic mass is 32.1. The highest BCUT2D eigenvalue weighted by Crippen LogP contribution is 2.26. The van der Waals surface area contributed by atoms with Crippen molar-refractivity contribution in [2.75, 3.05) is 19.7 Å². The lowest BCUT2D eigenvalue weighted by Crippen LogP contribution is -2.49. The first-order chi connectivity index (χ1) is 20.1. The van der Waals surface area contributed by atoms with Crippen LogP contribution in [0.5, 0.6) is 11.5 Å². The van der Waals surface area contributed by atoms with E-state index in [1.165, 1.54) is 23.5 Å². The summed E-state index contributed by atoms with van der Waals surface area (Å²) in [6.45, 7) is -4.39. The molecule has 2 aromatic carbocycles. The Morgan fingerprint density at radius 2 is 1.79 bits per heavy atom. The smallest absolute Gasteiger partial charge is 0.345 e. The molecule has 1 aromatic heterocycles. The predicted octanol–water partition coefficient (Wildman–Crippen LogP) is 2.61. The topological polar surface area (TPSA) is 167 Å². The molecule has 0 spiro atoms. The number of nitrogen functional groups attached to an aromatic ring is 1. The maximum Gasteiger partial charge on any atom is 0.345 e. The first-order valence-electron chi connectivity index (χ1n) is 12.8. The monoisotopic (exact) mass is 601 g/mol. The summed E-state index contributed by atoms with van der Waals surface area (Å²) < 4.78 is 36.2. The molecular weight excluding hydrogens is 572 g/mol. The lowest BCUT2D eigenvalue weighted by Gasteiger charge is -2.25. The molecule has 1 fully saturated rings. The molecule has 11 nitrogen and oxygen atoms in total. The van der Waals surface area contributed by atoms with Crippen LogP contribution in [0.3, 0.4) is 0 Å². The number of hydrogen-bond donors (Lipinski definition) is 5. The number of nitrogens with zero attached hydrogens (tertiary/aromatic N) is 1. The predicted molar refractivity (Wildman–Crippen MR) is 150 cm³/mol. The summed E-state index contributed by atoms with van der Waals surface area (Å²) in [5, 5.41) is 24.1. The summed E-state index contributed by atoms with van der Waals surface area (Å²) in [4.78, 5) is 40.5. The van der Waals surface area contributed by atoms with Gasteiger partial charge in [0.1, 0.15) is 23.4 Å². The number of rotatable bonds is 12. The van der Waals surface area contributed by atoms with Crippen molar-refractivity contribution in [3.63, 3.8) is 0 Å². The van der Waals surface area contributed by atoms with Crippen LogP contribution in [0.15, 0.2) is 66.0 Å². The molecule has 6 N–H and O–H groups in total. The maximum atomic E-state index is 13.2. The number of amides is 3. The van der Waals surface area contributed by atoms with Gasteiger partial charge >= 0.3 is 6.61 Å². The number of benzene rings is 2. The molecular formula is C28H29F2N5O6S. The third-order valence-corrected chi connectivity index (χ3v) is 7.50. The van der Waals surface area contributed by atoms with Gasteiger partial charge in [-0.25, -0.2) is 0 Å². The number of carbonyl (C=O) groups excluding carboxylic acids is 3. The highest BCUT2D eigenvalue weighted by Gasteiger charge is 2.41. The van der Waals surface area contributed by atoms with E-state index >= 15 is 0 Å². The molecule has 42 heavy (non-hydrogen) atoms. The van der Waals surface area contributed by atoms with Gasteiger partial charge in [0.2, 0.25) is 11.8 Å². The van der Waals surface area contributed by atoms with Crippen molar-refractivity contribution in [2.45, 2.75) is 31.2 Å². The minimum atomic E-state index is -3.11. The fraction of sp³-hybridized carbons (Fsp3) is 0.286. The van der Waals surface area contributed by atoms with Crippen LogP contribution in [0.2, 0.25) is 0 Å². The third kappa shape index (κ3) is 7.87. The Morgan fingerprint density at radius 1 is 1.10 bits per heavy atom. The Morgan fingerprint density at radius 3 is 2.40 bits per heavy atom. The average Bonchev–Trinajstić information content (AvgIpc) is 3.63. The Hall–Kier alpha value is -4.40. The minimum Gasteiger partial charge on any atom is -0.457 e. The van der Waals surface area contributed by atoms with Gasteiger partial charge in [0.05, 0.1) is 25.3 Å². The number of aliphatic hydroxyl groups is 1. The van der Waals surface area contributed by atoms with E-state index in [1.807, 2.05) is 18.2 Å². The Bertz CT molecular complexity index is 1410. The van der Waals surface area contributed by atoms with Gasteiger partial charge in [0.25, 0.3) is 5.91 Å². The number of alkyl halides is 2. The number of carbonyl (C=O) groups is 3. The number of nitrogens with two attached hydrogens (primary N) is 1. The van der Waals surface area contributed by atoms with Crippen LogP contribution in [0.4, 0.5) is 8.78 Å². The van der Waals surface area contributed by atoms with Crippen molar-refractivity contribution in [3.8, 4) is 11.5 Å². The molecule has 0 saturated carbocycles. The molecule has 3 atom stereocenters. The van der Waals surface area contributed by atoms with Crippen molar-refractivity contribution in [1.29, 1.82) is 5.41 Å². The average molecular weight is 602 g/mol. The number of halogens is 2. The summed E-state index contributed by atoms with van der Waals surface area (Å²) in [6.07, 6.45) is -1.32. The van der Waals surface area contributed by atoms with E-state index in [0.717, 1.165) is 4.90 Å². The van der Waals surface area contributed by atoms with Crippen LogP contribution in [0.1, 0.15) is 33.3 Å². The molecule has 0 bridgehead atoms. The van der Waals surface area contributed by atoms with Gasteiger partial charge in [0, 0.05) is 34.3 Å². The third-order valence-electron chi connectivity index (χ3n) is 6.45. The van der Waals surface area contributed by atoms with E-state index in [2.05, 4.69) is 15.4 Å². The van der Waals surface area contributed by atoms with Gasteiger partial charge in [-0.2, -0.15) is 8.78 Å². The molecule has 0 radical (unpaired) electrons. The van der Waals surface area contributed by atoms with E-state index < -0.39 is 55.7 Å². The van der Waals surface area contributed by atoms with Crippen molar-refractivity contribution in [2.24, 2.45) is 5.73 Å². The lowest BCUT2D eigenvalue weighted by atomic mass is 10.1. The van der Waals surface area contributed by atoms with E-state index in [4.69, 9.17) is 15.9 Å². The second-order valence-electron chi connectivity index (χ2n) is 9.33. The number of thiophene rings is 1. The number of para-hydroxylation sites is 1. The molecule has 3 amide bonds. The normalized spacial score (nSPS) is 17.1. The van der Waals surface area contributed by atoms with Gasteiger partial charge in [-0.1, -0.05) is 18.2 Å². The van der Waals surface area contributed by atoms with E-state index in [9.17, 15) is 28.3 Å². The van der Waals surface area contributed by atoms with Crippen LogP contribution in [0, 0.1) is 5.41 Å². The zero-order valence-corrected chi connectivity index (χ0v) is 23.0. The van der Waals surface area contributed by atoms with Crippen LogP contribution >= 0.6 is 11.3 Å². The van der Waals surface area contributed by atoms with Crippen LogP contribution in [0.25, 0.3) is 0 Å². The number of aliphatic hydroxyl groups excluding tert-OH is 1.